The summed E-state index contributed by atoms with van der Waals surface area (Å²) in [7, 11) is -0.791. The number of benzene rings is 4. The normalized spacial score (nSPS) is 11.2. The Hall–Kier alpha value is -4.03. The van der Waals surface area contributed by atoms with Gasteiger partial charge >= 0.3 is 7.60 Å². The van der Waals surface area contributed by atoms with Crippen molar-refractivity contribution in [3.63, 3.8) is 0 Å². The third-order valence-corrected chi connectivity index (χ3v) is 8.90. The van der Waals surface area contributed by atoms with E-state index in [0.717, 1.165) is 46.9 Å². The zero-order valence-electron chi connectivity index (χ0n) is 24.6. The second kappa shape index (κ2) is 16.0. The van der Waals surface area contributed by atoms with Crippen LogP contribution in [-0.2, 0) is 38.0 Å². The largest absolute Gasteiger partial charge is 0.488 e. The topological polar surface area (TPSA) is 88.1 Å². The van der Waals surface area contributed by atoms with Crippen molar-refractivity contribution in [3.05, 3.63) is 119 Å². The molecule has 4 aromatic carbocycles. The van der Waals surface area contributed by atoms with Gasteiger partial charge in [0.1, 0.15) is 42.9 Å². The van der Waals surface area contributed by atoms with Crippen LogP contribution in [0.2, 0.25) is 0 Å². The van der Waals surface area contributed by atoms with Crippen molar-refractivity contribution < 1.29 is 32.7 Å². The van der Waals surface area contributed by atoms with Gasteiger partial charge in [-0.05, 0) is 66.3 Å². The van der Waals surface area contributed by atoms with E-state index < -0.39 is 7.60 Å². The monoisotopic (exact) mass is 600 g/mol. The molecule has 0 fully saturated rings. The van der Waals surface area contributed by atoms with Crippen molar-refractivity contribution in [2.45, 2.75) is 38.9 Å². The molecule has 4 rings (SSSR count). The zero-order chi connectivity index (χ0) is 30.5. The average Bonchev–Trinajstić information content (AvgIpc) is 3.05. The van der Waals surface area contributed by atoms with Gasteiger partial charge in [0.15, 0.2) is 0 Å². The van der Waals surface area contributed by atoms with Gasteiger partial charge in [0, 0.05) is 37.3 Å². The average molecular weight is 601 g/mol. The minimum absolute atomic E-state index is 0.150. The van der Waals surface area contributed by atoms with Gasteiger partial charge in [0.2, 0.25) is 0 Å². The molecule has 0 spiro atoms. The lowest BCUT2D eigenvalue weighted by atomic mass is 9.97. The number of carbonyl (C=O) groups excluding carboxylic acids is 2. The fourth-order valence-corrected chi connectivity index (χ4v) is 5.64. The summed E-state index contributed by atoms with van der Waals surface area (Å²) in [6.45, 7) is 0.761. The smallest absolute Gasteiger partial charge is 0.337 e. The van der Waals surface area contributed by atoms with Crippen molar-refractivity contribution in [3.8, 4) is 22.6 Å². The summed E-state index contributed by atoms with van der Waals surface area (Å²) in [4.78, 5) is 24.1. The summed E-state index contributed by atoms with van der Waals surface area (Å²) in [5, 5.41) is 0. The second-order valence-corrected chi connectivity index (χ2v) is 12.4. The lowest BCUT2D eigenvalue weighted by Crippen LogP contribution is -2.07. The molecule has 0 radical (unpaired) electrons. The molecule has 0 atom stereocenters. The van der Waals surface area contributed by atoms with Crippen LogP contribution in [0.15, 0.2) is 97.1 Å². The first-order chi connectivity index (χ1) is 20.9. The molecule has 0 unspecified atom stereocenters. The Morgan fingerprint density at radius 3 is 1.81 bits per heavy atom. The van der Waals surface area contributed by atoms with Gasteiger partial charge in [-0.2, -0.15) is 0 Å². The molecule has 0 N–H and O–H groups in total. The Labute approximate surface area is 253 Å². The molecule has 0 aliphatic heterocycles. The Bertz CT molecular complexity index is 1530. The van der Waals surface area contributed by atoms with Crippen LogP contribution in [0.1, 0.15) is 46.3 Å². The van der Waals surface area contributed by atoms with Gasteiger partial charge in [0.25, 0.3) is 0 Å². The summed E-state index contributed by atoms with van der Waals surface area (Å²) < 4.78 is 34.6. The zero-order valence-corrected chi connectivity index (χ0v) is 25.5. The van der Waals surface area contributed by atoms with Crippen LogP contribution >= 0.6 is 7.60 Å². The number of Topliss-reactive ketones (excluding diaryl/α,β-unsaturated/α-hetero) is 1. The van der Waals surface area contributed by atoms with E-state index in [1.165, 1.54) is 14.2 Å². The predicted octanol–water partition coefficient (Wildman–Crippen LogP) is 8.09. The summed E-state index contributed by atoms with van der Waals surface area (Å²) in [5.41, 5.74) is 5.23. The molecule has 0 saturated heterocycles. The number of aldehydes is 1. The summed E-state index contributed by atoms with van der Waals surface area (Å²) in [6, 6.07) is 31.2. The maximum absolute atomic E-state index is 12.3. The van der Waals surface area contributed by atoms with Gasteiger partial charge in [-0.25, -0.2) is 0 Å². The van der Waals surface area contributed by atoms with Crippen molar-refractivity contribution in [1.29, 1.82) is 0 Å². The Balaban J connectivity index is 1.56. The van der Waals surface area contributed by atoms with E-state index in [1.54, 1.807) is 6.07 Å². The highest BCUT2D eigenvalue weighted by atomic mass is 31.2. The van der Waals surface area contributed by atoms with Crippen LogP contribution in [0.25, 0.3) is 11.1 Å². The number of unbranched alkanes of at least 4 members (excludes halogenated alkanes) is 1. The highest BCUT2D eigenvalue weighted by Gasteiger charge is 2.25. The fraction of sp³-hybridized carbons (Fsp3) is 0.257. The molecule has 0 aliphatic carbocycles. The molecule has 0 bridgehead atoms. The predicted molar refractivity (Wildman–Crippen MR) is 168 cm³/mol. The summed E-state index contributed by atoms with van der Waals surface area (Å²) >= 11 is 0. The van der Waals surface area contributed by atoms with Gasteiger partial charge in [-0.15, -0.1) is 0 Å². The Kier molecular flexibility index (Phi) is 11.9. The van der Waals surface area contributed by atoms with Crippen molar-refractivity contribution in [2.24, 2.45) is 0 Å². The molecule has 7 nitrogen and oxygen atoms in total. The molecular formula is C35H37O7P. The minimum Gasteiger partial charge on any atom is -0.488 e. The lowest BCUT2D eigenvalue weighted by molar-refractivity contribution is -0.117. The third-order valence-electron chi connectivity index (χ3n) is 7.05. The minimum atomic E-state index is -3.36. The maximum Gasteiger partial charge on any atom is 0.337 e. The number of ketones is 1. The number of aryl methyl sites for hydroxylation is 1. The standard InChI is InChI=1S/C35H37O7P/c1-39-43(38,40-2)26-31(37)16-10-9-11-27-17-19-34(41-24-28-12-5-3-6-13-28)32(21-27)33-22-30(23-36)18-20-35(33)42-25-29-14-7-4-8-15-29/h3-8,12-15,17-23H,9-11,16,24-26H2,1-2H3. The van der Waals surface area contributed by atoms with E-state index in [4.69, 9.17) is 18.5 Å². The van der Waals surface area contributed by atoms with Crippen molar-refractivity contribution in [1.82, 2.24) is 0 Å². The van der Waals surface area contributed by atoms with Gasteiger partial charge < -0.3 is 18.5 Å². The van der Waals surface area contributed by atoms with Crippen LogP contribution < -0.4 is 9.47 Å². The molecule has 8 heteroatoms. The number of rotatable bonds is 17. The number of carbonyl (C=O) groups is 2. The maximum atomic E-state index is 12.3. The van der Waals surface area contributed by atoms with E-state index in [1.807, 2.05) is 84.9 Å². The van der Waals surface area contributed by atoms with E-state index in [0.29, 0.717) is 43.1 Å². The van der Waals surface area contributed by atoms with E-state index in [2.05, 4.69) is 6.07 Å². The van der Waals surface area contributed by atoms with Crippen molar-refractivity contribution in [2.75, 3.05) is 20.4 Å². The van der Waals surface area contributed by atoms with Crippen LogP contribution in [0.3, 0.4) is 0 Å². The van der Waals surface area contributed by atoms with Crippen LogP contribution in [0.5, 0.6) is 11.5 Å². The van der Waals surface area contributed by atoms with Crippen LogP contribution in [-0.4, -0.2) is 32.5 Å². The van der Waals surface area contributed by atoms with Gasteiger partial charge in [-0.3, -0.25) is 14.2 Å². The van der Waals surface area contributed by atoms with Gasteiger partial charge in [0.05, 0.1) is 0 Å². The number of hydrogen-bond acceptors (Lipinski definition) is 7. The molecule has 0 amide bonds. The summed E-state index contributed by atoms with van der Waals surface area (Å²) in [5.74, 6) is 1.16. The molecule has 0 aliphatic rings. The first-order valence-corrected chi connectivity index (χ1v) is 15.9. The lowest BCUT2D eigenvalue weighted by Gasteiger charge is -2.18. The molecule has 43 heavy (non-hydrogen) atoms. The molecule has 224 valence electrons. The highest BCUT2D eigenvalue weighted by molar-refractivity contribution is 7.54. The van der Waals surface area contributed by atoms with E-state index in [9.17, 15) is 14.2 Å². The van der Waals surface area contributed by atoms with E-state index >= 15 is 0 Å². The van der Waals surface area contributed by atoms with Crippen molar-refractivity contribution >= 4 is 19.7 Å². The quantitative estimate of drug-likeness (QED) is 0.0688. The van der Waals surface area contributed by atoms with Crippen LogP contribution in [0, 0.1) is 0 Å². The Morgan fingerprint density at radius 2 is 1.26 bits per heavy atom. The SMILES string of the molecule is COP(=O)(CC(=O)CCCCc1ccc(OCc2ccccc2)c(-c2cc(C=O)ccc2OCc2ccccc2)c1)OC. The first kappa shape index (κ1) is 31.9. The van der Waals surface area contributed by atoms with Crippen LogP contribution in [0.4, 0.5) is 0 Å². The fourth-order valence-electron chi connectivity index (χ4n) is 4.65. The first-order valence-electron chi connectivity index (χ1n) is 14.2. The van der Waals surface area contributed by atoms with E-state index in [-0.39, 0.29) is 11.9 Å². The molecule has 0 heterocycles. The highest BCUT2D eigenvalue weighted by Crippen LogP contribution is 2.46. The third kappa shape index (κ3) is 9.48. The molecule has 4 aromatic rings. The second-order valence-electron chi connectivity index (χ2n) is 10.1. The number of ether oxygens (including phenoxy) is 2. The number of hydrogen-bond donors (Lipinski definition) is 0. The van der Waals surface area contributed by atoms with Gasteiger partial charge in [-0.1, -0.05) is 66.7 Å². The summed E-state index contributed by atoms with van der Waals surface area (Å²) in [6.07, 6.45) is 3.00. The molecule has 0 saturated carbocycles. The molecular weight excluding hydrogens is 563 g/mol. The molecule has 0 aromatic heterocycles. The Morgan fingerprint density at radius 1 is 0.698 bits per heavy atom.